The molecule has 2 heterocycles. The fourth-order valence-electron chi connectivity index (χ4n) is 3.44. The molecule has 0 saturated carbocycles. The van der Waals surface area contributed by atoms with E-state index in [1.54, 1.807) is 6.07 Å². The largest absolute Gasteiger partial charge is 0.477 e. The molecule has 0 saturated heterocycles. The lowest BCUT2D eigenvalue weighted by atomic mass is 9.95. The monoisotopic (exact) mass is 480 g/mol. The van der Waals surface area contributed by atoms with Gasteiger partial charge in [0.2, 0.25) is 5.91 Å². The quantitative estimate of drug-likeness (QED) is 0.240. The first kappa shape index (κ1) is 22.8. The van der Waals surface area contributed by atoms with E-state index in [1.165, 1.54) is 42.6 Å². The second-order valence-corrected chi connectivity index (χ2v) is 7.60. The van der Waals surface area contributed by atoms with Crippen molar-refractivity contribution in [2.45, 2.75) is 5.92 Å². The van der Waals surface area contributed by atoms with Crippen molar-refractivity contribution in [3.8, 4) is 11.1 Å². The Hall–Kier alpha value is -4.37. The predicted octanol–water partition coefficient (Wildman–Crippen LogP) is 4.27. The lowest BCUT2D eigenvalue weighted by Crippen LogP contribution is -2.22. The number of aromatic carboxylic acids is 1. The first-order valence-electron chi connectivity index (χ1n) is 9.75. The minimum atomic E-state index is -1.28. The maximum absolute atomic E-state index is 13.5. The van der Waals surface area contributed by atoms with Gasteiger partial charge in [-0.1, -0.05) is 23.7 Å². The van der Waals surface area contributed by atoms with Crippen LogP contribution in [0.2, 0.25) is 5.02 Å². The van der Waals surface area contributed by atoms with Gasteiger partial charge in [-0.2, -0.15) is 0 Å². The Balaban J connectivity index is 1.72. The second kappa shape index (κ2) is 9.24. The van der Waals surface area contributed by atoms with Crippen LogP contribution in [0.5, 0.6) is 0 Å². The summed E-state index contributed by atoms with van der Waals surface area (Å²) < 4.78 is 18.7. The number of aromatic nitrogens is 1. The fourth-order valence-corrected chi connectivity index (χ4v) is 3.71. The summed E-state index contributed by atoms with van der Waals surface area (Å²) in [5.41, 5.74) is 0.295. The van der Waals surface area contributed by atoms with E-state index in [2.05, 4.69) is 10.3 Å². The fraction of sp³-hybridized carbons (Fsp3) is 0.0417. The number of nitrogens with one attached hydrogen (secondary N) is 1. The average molecular weight is 481 g/mol. The third kappa shape index (κ3) is 4.55. The molecule has 170 valence electrons. The second-order valence-electron chi connectivity index (χ2n) is 7.20. The smallest absolute Gasteiger partial charge is 0.354 e. The third-order valence-electron chi connectivity index (χ3n) is 5.01. The number of carbonyl (C=O) groups is 3. The normalized spacial score (nSPS) is 11.7. The molecule has 4 aromatic rings. The molecule has 0 aliphatic heterocycles. The summed E-state index contributed by atoms with van der Waals surface area (Å²) in [5.74, 6) is -3.82. The Bertz CT molecular complexity index is 1520. The van der Waals surface area contributed by atoms with Gasteiger partial charge in [0.1, 0.15) is 29.3 Å². The molecule has 0 bridgehead atoms. The minimum absolute atomic E-state index is 0.0946. The van der Waals surface area contributed by atoms with Crippen molar-refractivity contribution in [3.05, 3.63) is 93.3 Å². The van der Waals surface area contributed by atoms with Gasteiger partial charge < -0.3 is 19.6 Å². The highest BCUT2D eigenvalue weighted by Crippen LogP contribution is 2.34. The summed E-state index contributed by atoms with van der Waals surface area (Å²) in [6.45, 7) is 0. The van der Waals surface area contributed by atoms with Gasteiger partial charge in [-0.05, 0) is 42.0 Å². The van der Waals surface area contributed by atoms with Gasteiger partial charge in [-0.25, -0.2) is 19.0 Å². The topological polar surface area (TPSA) is 127 Å². The van der Waals surface area contributed by atoms with E-state index in [0.717, 1.165) is 12.1 Å². The molecule has 2 aromatic carbocycles. The van der Waals surface area contributed by atoms with E-state index < -0.39 is 29.2 Å². The van der Waals surface area contributed by atoms with Gasteiger partial charge in [0.25, 0.3) is 0 Å². The van der Waals surface area contributed by atoms with Gasteiger partial charge in [0.05, 0.1) is 5.02 Å². The average Bonchev–Trinajstić information content (AvgIpc) is 2.79. The number of fused-ring (bicyclic) bond motifs is 1. The van der Waals surface area contributed by atoms with Crippen LogP contribution in [0.15, 0.2) is 70.0 Å². The molecule has 4 rings (SSSR count). The number of pyridine rings is 1. The zero-order valence-electron chi connectivity index (χ0n) is 17.1. The van der Waals surface area contributed by atoms with E-state index >= 15 is 0 Å². The van der Waals surface area contributed by atoms with Gasteiger partial charge in [0, 0.05) is 34.5 Å². The molecule has 10 heteroatoms. The number of halogens is 2. The van der Waals surface area contributed by atoms with E-state index in [9.17, 15) is 23.6 Å². The number of benzene rings is 2. The van der Waals surface area contributed by atoms with Crippen LogP contribution in [0.3, 0.4) is 0 Å². The third-order valence-corrected chi connectivity index (χ3v) is 5.33. The first-order valence-corrected chi connectivity index (χ1v) is 10.1. The molecule has 0 spiro atoms. The molecule has 2 N–H and O–H groups in total. The Morgan fingerprint density at radius 2 is 1.88 bits per heavy atom. The van der Waals surface area contributed by atoms with Gasteiger partial charge >= 0.3 is 11.6 Å². The SMILES string of the molecule is O=CC(C(=O)Nc1ccnc(C(=O)O)c1)c1ccc2c(-c3ccc(F)cc3Cl)cc(=O)oc2c1. The molecule has 34 heavy (non-hydrogen) atoms. The summed E-state index contributed by atoms with van der Waals surface area (Å²) in [7, 11) is 0. The number of carboxylic acid groups (broad SMARTS) is 1. The number of hydrogen-bond donors (Lipinski definition) is 2. The van der Waals surface area contributed by atoms with Crippen LogP contribution in [0.1, 0.15) is 22.0 Å². The van der Waals surface area contributed by atoms with Gasteiger partial charge in [-0.15, -0.1) is 0 Å². The molecule has 0 fully saturated rings. The summed E-state index contributed by atoms with van der Waals surface area (Å²) in [4.78, 5) is 51.4. The lowest BCUT2D eigenvalue weighted by Gasteiger charge is -2.13. The highest BCUT2D eigenvalue weighted by atomic mass is 35.5. The summed E-state index contributed by atoms with van der Waals surface area (Å²) in [5, 5.41) is 12.1. The molecular weight excluding hydrogens is 467 g/mol. The van der Waals surface area contributed by atoms with E-state index in [-0.39, 0.29) is 27.6 Å². The molecule has 2 aromatic heterocycles. The van der Waals surface area contributed by atoms with Crippen molar-refractivity contribution < 1.29 is 28.3 Å². The zero-order chi connectivity index (χ0) is 24.4. The van der Waals surface area contributed by atoms with Crippen molar-refractivity contribution in [1.82, 2.24) is 4.98 Å². The summed E-state index contributed by atoms with van der Waals surface area (Å²) >= 11 is 6.16. The summed E-state index contributed by atoms with van der Waals surface area (Å²) in [6.07, 6.45) is 1.62. The highest BCUT2D eigenvalue weighted by Gasteiger charge is 2.22. The van der Waals surface area contributed by atoms with E-state index in [0.29, 0.717) is 22.8 Å². The number of amides is 1. The first-order chi connectivity index (χ1) is 16.3. The summed E-state index contributed by atoms with van der Waals surface area (Å²) in [6, 6.07) is 12.0. The van der Waals surface area contributed by atoms with Crippen LogP contribution < -0.4 is 10.9 Å². The lowest BCUT2D eigenvalue weighted by molar-refractivity contribution is -0.122. The maximum Gasteiger partial charge on any atom is 0.354 e. The van der Waals surface area contributed by atoms with Gasteiger partial charge in [-0.3, -0.25) is 4.79 Å². The number of carbonyl (C=O) groups excluding carboxylic acids is 2. The van der Waals surface area contributed by atoms with Crippen molar-refractivity contribution in [2.24, 2.45) is 0 Å². The van der Waals surface area contributed by atoms with Crippen molar-refractivity contribution in [1.29, 1.82) is 0 Å². The van der Waals surface area contributed by atoms with E-state index in [4.69, 9.17) is 21.1 Å². The standard InChI is InChI=1S/C24H14ClFN2O6/c25-19-8-13(26)2-4-15(19)17-10-22(30)34-21-7-12(1-3-16(17)21)18(11-29)23(31)28-14-5-6-27-20(9-14)24(32)33/h1-11,18H,(H,32,33)(H,27,28,31). The number of nitrogens with zero attached hydrogens (tertiary/aromatic N) is 1. The Labute approximate surface area is 195 Å². The molecule has 0 aliphatic rings. The molecule has 1 unspecified atom stereocenters. The van der Waals surface area contributed by atoms with Crippen molar-refractivity contribution >= 4 is 46.4 Å². The number of aldehydes is 1. The Kier molecular flexibility index (Phi) is 6.20. The number of carboxylic acids is 1. The number of anilines is 1. The van der Waals surface area contributed by atoms with Crippen LogP contribution in [-0.4, -0.2) is 28.3 Å². The Morgan fingerprint density at radius 1 is 1.09 bits per heavy atom. The number of rotatable bonds is 6. The Morgan fingerprint density at radius 3 is 2.59 bits per heavy atom. The molecule has 0 radical (unpaired) electrons. The number of hydrogen-bond acceptors (Lipinski definition) is 6. The highest BCUT2D eigenvalue weighted by molar-refractivity contribution is 6.33. The molecule has 0 aliphatic carbocycles. The molecular formula is C24H14ClFN2O6. The van der Waals surface area contributed by atoms with Crippen LogP contribution in [0.4, 0.5) is 10.1 Å². The van der Waals surface area contributed by atoms with Crippen LogP contribution in [-0.2, 0) is 9.59 Å². The predicted molar refractivity (Wildman–Crippen MR) is 122 cm³/mol. The van der Waals surface area contributed by atoms with Crippen molar-refractivity contribution in [2.75, 3.05) is 5.32 Å². The maximum atomic E-state index is 13.5. The molecule has 8 nitrogen and oxygen atoms in total. The van der Waals surface area contributed by atoms with Crippen molar-refractivity contribution in [3.63, 3.8) is 0 Å². The van der Waals surface area contributed by atoms with Gasteiger partial charge in [0.15, 0.2) is 0 Å². The molecule has 1 amide bonds. The van der Waals surface area contributed by atoms with Crippen LogP contribution in [0, 0.1) is 5.82 Å². The molecule has 1 atom stereocenters. The van der Waals surface area contributed by atoms with Crippen LogP contribution >= 0.6 is 11.6 Å². The van der Waals surface area contributed by atoms with Crippen LogP contribution in [0.25, 0.3) is 22.1 Å². The minimum Gasteiger partial charge on any atom is -0.477 e. The van der Waals surface area contributed by atoms with E-state index in [1.807, 2.05) is 0 Å². The zero-order valence-corrected chi connectivity index (χ0v) is 17.9.